The predicted molar refractivity (Wildman–Crippen MR) is 230 cm³/mol. The van der Waals surface area contributed by atoms with Gasteiger partial charge in [-0.25, -0.2) is 15.0 Å². The van der Waals surface area contributed by atoms with Crippen LogP contribution in [0.15, 0.2) is 180 Å². The molecule has 0 spiro atoms. The van der Waals surface area contributed by atoms with Gasteiger partial charge in [-0.3, -0.25) is 0 Å². The molecule has 2 heterocycles. The van der Waals surface area contributed by atoms with Gasteiger partial charge in [-0.05, 0) is 81.5 Å². The maximum Gasteiger partial charge on any atom is 0.164 e. The fourth-order valence-electron chi connectivity index (χ4n) is 8.00. The molecule has 2 aromatic heterocycles. The van der Waals surface area contributed by atoms with Crippen molar-refractivity contribution in [2.75, 3.05) is 0 Å². The smallest absolute Gasteiger partial charge is 0.164 e. The Morgan fingerprint density at radius 2 is 1.11 bits per heavy atom. The Labute approximate surface area is 327 Å². The van der Waals surface area contributed by atoms with Gasteiger partial charge in [0.15, 0.2) is 17.5 Å². The molecule has 6 aromatic carbocycles. The number of hydrogen-bond donors (Lipinski definition) is 0. The van der Waals surface area contributed by atoms with Crippen LogP contribution in [-0.2, 0) is 6.42 Å². The first-order valence-corrected chi connectivity index (χ1v) is 19.5. The summed E-state index contributed by atoms with van der Waals surface area (Å²) in [5, 5.41) is 1.07. The lowest BCUT2D eigenvalue weighted by atomic mass is 9.88. The van der Waals surface area contributed by atoms with Gasteiger partial charge < -0.3 is 4.42 Å². The summed E-state index contributed by atoms with van der Waals surface area (Å²) in [7, 11) is 0. The van der Waals surface area contributed by atoms with Gasteiger partial charge in [0.25, 0.3) is 0 Å². The Morgan fingerprint density at radius 3 is 1.80 bits per heavy atom. The van der Waals surface area contributed by atoms with Crippen LogP contribution in [0.1, 0.15) is 42.5 Å². The lowest BCUT2D eigenvalue weighted by Crippen LogP contribution is -2.07. The summed E-state index contributed by atoms with van der Waals surface area (Å²) in [6, 6.07) is 53.2. The van der Waals surface area contributed by atoms with Crippen molar-refractivity contribution in [1.82, 2.24) is 15.0 Å². The van der Waals surface area contributed by atoms with E-state index in [-0.39, 0.29) is 0 Å². The van der Waals surface area contributed by atoms with Gasteiger partial charge >= 0.3 is 0 Å². The van der Waals surface area contributed by atoms with E-state index in [0.717, 1.165) is 74.9 Å². The van der Waals surface area contributed by atoms with Crippen LogP contribution >= 0.6 is 0 Å². The molecule has 8 aromatic rings. The lowest BCUT2D eigenvalue weighted by molar-refractivity contribution is 0.545. The summed E-state index contributed by atoms with van der Waals surface area (Å²) < 4.78 is 6.61. The third kappa shape index (κ3) is 6.39. The van der Waals surface area contributed by atoms with Crippen LogP contribution in [-0.4, -0.2) is 15.0 Å². The number of nitrogens with zero attached hydrogens (tertiary/aromatic N) is 3. The van der Waals surface area contributed by atoms with Crippen LogP contribution < -0.4 is 0 Å². The van der Waals surface area contributed by atoms with E-state index in [0.29, 0.717) is 23.4 Å². The third-order valence-electron chi connectivity index (χ3n) is 11.0. The summed E-state index contributed by atoms with van der Waals surface area (Å²) in [6.07, 6.45) is 11.9. The minimum absolute atomic E-state index is 0.515. The number of allylic oxidation sites excluding steroid dienone is 5. The predicted octanol–water partition coefficient (Wildman–Crippen LogP) is 13.3. The zero-order chi connectivity index (χ0) is 37.4. The molecule has 1 atom stereocenters. The number of benzene rings is 6. The molecule has 0 saturated carbocycles. The Hall–Kier alpha value is -6.91. The molecule has 2 aliphatic carbocycles. The number of hydrogen-bond acceptors (Lipinski definition) is 4. The monoisotopic (exact) mass is 721 g/mol. The number of fused-ring (bicyclic) bond motifs is 3. The minimum Gasteiger partial charge on any atom is -0.460 e. The molecule has 2 aliphatic rings. The third-order valence-corrected chi connectivity index (χ3v) is 11.0. The fraction of sp³-hybridized carbons (Fsp3) is 0.0962. The molecule has 4 nitrogen and oxygen atoms in total. The average molecular weight is 722 g/mol. The van der Waals surface area contributed by atoms with Crippen LogP contribution in [0.2, 0.25) is 0 Å². The Morgan fingerprint density at radius 1 is 0.518 bits per heavy atom. The second kappa shape index (κ2) is 14.4. The summed E-state index contributed by atoms with van der Waals surface area (Å²) in [4.78, 5) is 15.7. The van der Waals surface area contributed by atoms with E-state index in [9.17, 15) is 0 Å². The minimum atomic E-state index is 0.515. The van der Waals surface area contributed by atoms with Gasteiger partial charge in [-0.15, -0.1) is 0 Å². The first-order chi connectivity index (χ1) is 27.6. The molecule has 0 saturated heterocycles. The van der Waals surface area contributed by atoms with Crippen LogP contribution in [0.3, 0.4) is 0 Å². The molecule has 1 unspecified atom stereocenters. The maximum absolute atomic E-state index is 6.61. The van der Waals surface area contributed by atoms with Gasteiger partial charge in [0, 0.05) is 34.1 Å². The van der Waals surface area contributed by atoms with Crippen molar-refractivity contribution < 1.29 is 4.42 Å². The van der Waals surface area contributed by atoms with E-state index < -0.39 is 0 Å². The fourth-order valence-corrected chi connectivity index (χ4v) is 8.00. The molecular formula is C52H39N3O. The van der Waals surface area contributed by atoms with Crippen molar-refractivity contribution >= 4 is 22.1 Å². The first-order valence-electron chi connectivity index (χ1n) is 19.5. The quantitative estimate of drug-likeness (QED) is 0.164. The SMILES string of the molecule is CC1C=CC(c2cc(-c3nc(C4=CCCc5oc6cc(-c7ccccc7)ccc6c54)nc(-c4ccc(-c5ccccc5)cc4)n3)ccc2-c2ccccc2)=CC1. The first kappa shape index (κ1) is 33.6. The Kier molecular flexibility index (Phi) is 8.64. The molecule has 0 aliphatic heterocycles. The lowest BCUT2D eigenvalue weighted by Gasteiger charge is -2.18. The highest BCUT2D eigenvalue weighted by molar-refractivity contribution is 5.98. The Balaban J connectivity index is 1.13. The number of aromatic nitrogens is 3. The largest absolute Gasteiger partial charge is 0.460 e. The molecule has 0 radical (unpaired) electrons. The highest BCUT2D eigenvalue weighted by atomic mass is 16.3. The highest BCUT2D eigenvalue weighted by Crippen LogP contribution is 2.41. The summed E-state index contributed by atoms with van der Waals surface area (Å²) >= 11 is 0. The molecule has 10 rings (SSSR count). The van der Waals surface area contributed by atoms with Gasteiger partial charge in [-0.1, -0.05) is 165 Å². The topological polar surface area (TPSA) is 51.8 Å². The maximum atomic E-state index is 6.61. The van der Waals surface area contributed by atoms with Crippen LogP contribution in [0.25, 0.3) is 78.3 Å². The molecule has 4 heteroatoms. The standard InChI is InChI=1S/C52H39N3O/c1-34-20-22-39(23-21-34)46-32-42(29-30-43(46)38-16-9-4-10-17-38)51-53-50(40-26-24-37(25-27-40)35-12-5-2-6-13-35)54-52(55-51)45-18-11-19-47-49(45)44-31-28-41(33-48(44)56-47)36-14-7-3-8-15-36/h2-10,12-18,20,22-34H,11,19,21H2,1H3. The van der Waals surface area contributed by atoms with Gasteiger partial charge in [0.2, 0.25) is 0 Å². The van der Waals surface area contributed by atoms with Crippen molar-refractivity contribution in [3.8, 4) is 56.2 Å². The van der Waals surface area contributed by atoms with Crippen LogP contribution in [0.4, 0.5) is 0 Å². The van der Waals surface area contributed by atoms with E-state index >= 15 is 0 Å². The van der Waals surface area contributed by atoms with Crippen molar-refractivity contribution in [3.05, 3.63) is 199 Å². The number of rotatable bonds is 7. The van der Waals surface area contributed by atoms with Crippen LogP contribution in [0.5, 0.6) is 0 Å². The van der Waals surface area contributed by atoms with Gasteiger partial charge in [0.05, 0.1) is 0 Å². The molecular weight excluding hydrogens is 683 g/mol. The second-order valence-electron chi connectivity index (χ2n) is 14.7. The summed E-state index contributed by atoms with van der Waals surface area (Å²) in [6.45, 7) is 2.26. The van der Waals surface area contributed by atoms with E-state index in [1.807, 2.05) is 12.1 Å². The van der Waals surface area contributed by atoms with E-state index in [2.05, 4.69) is 171 Å². The zero-order valence-corrected chi connectivity index (χ0v) is 31.2. The molecule has 0 amide bonds. The van der Waals surface area contributed by atoms with Crippen LogP contribution in [0, 0.1) is 5.92 Å². The second-order valence-corrected chi connectivity index (χ2v) is 14.7. The highest BCUT2D eigenvalue weighted by Gasteiger charge is 2.26. The van der Waals surface area contributed by atoms with E-state index in [4.69, 9.17) is 19.4 Å². The number of furan rings is 1. The normalized spacial score (nSPS) is 15.0. The van der Waals surface area contributed by atoms with Crippen molar-refractivity contribution in [2.24, 2.45) is 5.92 Å². The van der Waals surface area contributed by atoms with Gasteiger partial charge in [0.1, 0.15) is 11.3 Å². The van der Waals surface area contributed by atoms with Gasteiger partial charge in [-0.2, -0.15) is 0 Å². The number of aryl methyl sites for hydroxylation is 1. The molecule has 0 N–H and O–H groups in total. The van der Waals surface area contributed by atoms with Crippen molar-refractivity contribution in [2.45, 2.75) is 26.2 Å². The van der Waals surface area contributed by atoms with Crippen molar-refractivity contribution in [1.29, 1.82) is 0 Å². The molecule has 56 heavy (non-hydrogen) atoms. The molecule has 0 bridgehead atoms. The van der Waals surface area contributed by atoms with E-state index in [1.54, 1.807) is 0 Å². The van der Waals surface area contributed by atoms with E-state index in [1.165, 1.54) is 27.8 Å². The summed E-state index contributed by atoms with van der Waals surface area (Å²) in [5.74, 6) is 3.40. The molecule has 0 fully saturated rings. The Bertz CT molecular complexity index is 2810. The average Bonchev–Trinajstić information content (AvgIpc) is 3.66. The summed E-state index contributed by atoms with van der Waals surface area (Å²) in [5.41, 5.74) is 14.2. The van der Waals surface area contributed by atoms with Crippen molar-refractivity contribution in [3.63, 3.8) is 0 Å². The molecule has 268 valence electrons. The zero-order valence-electron chi connectivity index (χ0n) is 31.2.